The maximum absolute atomic E-state index is 13.7. The zero-order valence-corrected chi connectivity index (χ0v) is 20.2. The van der Waals surface area contributed by atoms with Crippen molar-refractivity contribution < 1.29 is 22.3 Å². The molecular weight excluding hydrogens is 482 g/mol. The highest BCUT2D eigenvalue weighted by atomic mass is 32.2. The van der Waals surface area contributed by atoms with Crippen molar-refractivity contribution in [1.82, 2.24) is 14.7 Å². The maximum Gasteiger partial charge on any atom is 0.202 e. The molecule has 0 bridgehead atoms. The van der Waals surface area contributed by atoms with Gasteiger partial charge in [-0.2, -0.15) is 4.37 Å². The van der Waals surface area contributed by atoms with Gasteiger partial charge >= 0.3 is 0 Å². The van der Waals surface area contributed by atoms with Crippen LogP contribution in [0.1, 0.15) is 35.2 Å². The van der Waals surface area contributed by atoms with Gasteiger partial charge in [0.05, 0.1) is 23.7 Å². The second-order valence-electron chi connectivity index (χ2n) is 8.45. The van der Waals surface area contributed by atoms with Crippen molar-refractivity contribution in [3.8, 4) is 0 Å². The third kappa shape index (κ3) is 6.15. The normalized spacial score (nSPS) is 18.8. The minimum absolute atomic E-state index is 0.000571. The minimum Gasteiger partial charge on any atom is -0.390 e. The van der Waals surface area contributed by atoms with E-state index in [0.717, 1.165) is 40.7 Å². The van der Waals surface area contributed by atoms with Crippen molar-refractivity contribution in [2.75, 3.05) is 17.6 Å². The van der Waals surface area contributed by atoms with E-state index in [1.807, 2.05) is 25.1 Å². The van der Waals surface area contributed by atoms with Crippen LogP contribution in [-0.2, 0) is 28.4 Å². The number of hydrogen-bond acceptors (Lipinski definition) is 8. The smallest absolute Gasteiger partial charge is 0.202 e. The molecule has 182 valence electrons. The van der Waals surface area contributed by atoms with Gasteiger partial charge in [-0.3, -0.25) is 0 Å². The SMILES string of the molecule is CCc1ccc2c(c1)C(NCC(O)C(Cc1cc(F)cc(F)c1)Nc1ncns1)CS(=O)(=O)C2. The molecule has 34 heavy (non-hydrogen) atoms. The van der Waals surface area contributed by atoms with Crippen LogP contribution in [0.15, 0.2) is 42.7 Å². The first-order chi connectivity index (χ1) is 16.2. The van der Waals surface area contributed by atoms with Crippen LogP contribution in [0.25, 0.3) is 0 Å². The van der Waals surface area contributed by atoms with Crippen LogP contribution >= 0.6 is 11.5 Å². The zero-order chi connectivity index (χ0) is 24.3. The zero-order valence-electron chi connectivity index (χ0n) is 18.5. The summed E-state index contributed by atoms with van der Waals surface area (Å²) in [6, 6.07) is 7.91. The molecule has 0 amide bonds. The molecule has 0 spiro atoms. The summed E-state index contributed by atoms with van der Waals surface area (Å²) < 4.78 is 56.3. The van der Waals surface area contributed by atoms with E-state index in [-0.39, 0.29) is 24.5 Å². The number of aliphatic hydroxyl groups excluding tert-OH is 1. The highest BCUT2D eigenvalue weighted by molar-refractivity contribution is 7.90. The fourth-order valence-corrected chi connectivity index (χ4v) is 6.35. The molecule has 3 unspecified atom stereocenters. The number of fused-ring (bicyclic) bond motifs is 1. The Morgan fingerprint density at radius 3 is 2.62 bits per heavy atom. The van der Waals surface area contributed by atoms with Gasteiger partial charge in [-0.1, -0.05) is 25.1 Å². The molecule has 2 heterocycles. The van der Waals surface area contributed by atoms with Gasteiger partial charge in [0.15, 0.2) is 9.84 Å². The Bertz CT molecular complexity index is 1220. The summed E-state index contributed by atoms with van der Waals surface area (Å²) in [5.41, 5.74) is 3.16. The summed E-state index contributed by atoms with van der Waals surface area (Å²) in [5.74, 6) is -1.47. The molecular formula is C23H26F2N4O3S2. The number of hydrogen-bond donors (Lipinski definition) is 3. The second kappa shape index (κ2) is 10.4. The number of aromatic nitrogens is 2. The third-order valence-corrected chi connectivity index (χ3v) is 8.06. The average molecular weight is 509 g/mol. The van der Waals surface area contributed by atoms with Gasteiger partial charge in [-0.15, -0.1) is 0 Å². The number of nitrogens with zero attached hydrogens (tertiary/aromatic N) is 2. The number of benzene rings is 2. The van der Waals surface area contributed by atoms with E-state index in [2.05, 4.69) is 20.0 Å². The lowest BCUT2D eigenvalue weighted by atomic mass is 9.97. The minimum atomic E-state index is -3.29. The van der Waals surface area contributed by atoms with Gasteiger partial charge < -0.3 is 15.7 Å². The standard InChI is InChI=1S/C23H26F2N4O3S2/c1-2-14-3-4-16-11-34(31,32)12-21(19(16)7-14)26-10-22(30)20(29-23-27-13-28-33-23)8-15-5-17(24)9-18(25)6-15/h3-7,9,13,20-22,26,30H,2,8,10-12H2,1H3,(H,27,28,29). The van der Waals surface area contributed by atoms with E-state index in [0.29, 0.717) is 10.7 Å². The van der Waals surface area contributed by atoms with Gasteiger partial charge in [0, 0.05) is 30.2 Å². The lowest BCUT2D eigenvalue weighted by molar-refractivity contribution is 0.145. The van der Waals surface area contributed by atoms with Gasteiger partial charge in [0.1, 0.15) is 18.0 Å². The number of halogens is 2. The second-order valence-corrected chi connectivity index (χ2v) is 11.3. The first kappa shape index (κ1) is 24.6. The topological polar surface area (TPSA) is 104 Å². The molecule has 1 aliphatic heterocycles. The van der Waals surface area contributed by atoms with E-state index in [4.69, 9.17) is 0 Å². The molecule has 0 saturated carbocycles. The summed E-state index contributed by atoms with van der Waals surface area (Å²) in [6.07, 6.45) is 1.30. The largest absolute Gasteiger partial charge is 0.390 e. The van der Waals surface area contributed by atoms with E-state index in [9.17, 15) is 22.3 Å². The van der Waals surface area contributed by atoms with Crippen molar-refractivity contribution >= 4 is 26.5 Å². The Balaban J connectivity index is 1.52. The molecule has 0 fully saturated rings. The Kier molecular flexibility index (Phi) is 7.56. The van der Waals surface area contributed by atoms with Crippen LogP contribution in [0, 0.1) is 11.6 Å². The van der Waals surface area contributed by atoms with Crippen LogP contribution in [0.4, 0.5) is 13.9 Å². The fraction of sp³-hybridized carbons (Fsp3) is 0.391. The predicted molar refractivity (Wildman–Crippen MR) is 127 cm³/mol. The van der Waals surface area contributed by atoms with Gasteiger partial charge in [0.2, 0.25) is 5.13 Å². The van der Waals surface area contributed by atoms with Gasteiger partial charge in [0.25, 0.3) is 0 Å². The summed E-state index contributed by atoms with van der Waals surface area (Å²) in [4.78, 5) is 4.07. The Labute approximate surface area is 201 Å². The average Bonchev–Trinajstić information content (AvgIpc) is 3.28. The summed E-state index contributed by atoms with van der Waals surface area (Å²) in [7, 11) is -3.29. The molecule has 3 N–H and O–H groups in total. The van der Waals surface area contributed by atoms with E-state index in [1.165, 1.54) is 18.5 Å². The molecule has 7 nitrogen and oxygen atoms in total. The van der Waals surface area contributed by atoms with Crippen LogP contribution < -0.4 is 10.6 Å². The summed E-state index contributed by atoms with van der Waals surface area (Å²) in [6.45, 7) is 2.09. The molecule has 1 aromatic heterocycles. The van der Waals surface area contributed by atoms with Crippen LogP contribution in [0.2, 0.25) is 0 Å². The number of aryl methyl sites for hydroxylation is 1. The van der Waals surface area contributed by atoms with Crippen molar-refractivity contribution in [1.29, 1.82) is 0 Å². The molecule has 0 radical (unpaired) electrons. The molecule has 2 aromatic carbocycles. The quantitative estimate of drug-likeness (QED) is 0.408. The van der Waals surface area contributed by atoms with E-state index in [1.54, 1.807) is 0 Å². The van der Waals surface area contributed by atoms with Crippen molar-refractivity contribution in [3.63, 3.8) is 0 Å². The third-order valence-electron chi connectivity index (χ3n) is 5.88. The highest BCUT2D eigenvalue weighted by Gasteiger charge is 2.31. The fourth-order valence-electron chi connectivity index (χ4n) is 4.20. The summed E-state index contributed by atoms with van der Waals surface area (Å²) >= 11 is 1.10. The Hall–Kier alpha value is -2.47. The molecule has 0 aliphatic carbocycles. The van der Waals surface area contributed by atoms with Crippen LogP contribution in [-0.4, -0.2) is 47.3 Å². The first-order valence-corrected chi connectivity index (χ1v) is 13.5. The predicted octanol–water partition coefficient (Wildman–Crippen LogP) is 3.02. The molecule has 1 aliphatic rings. The highest BCUT2D eigenvalue weighted by Crippen LogP contribution is 2.29. The number of nitrogens with one attached hydrogen (secondary N) is 2. The number of aliphatic hydroxyl groups is 1. The molecule has 11 heteroatoms. The monoisotopic (exact) mass is 508 g/mol. The van der Waals surface area contributed by atoms with Crippen LogP contribution in [0.3, 0.4) is 0 Å². The first-order valence-electron chi connectivity index (χ1n) is 10.9. The molecule has 0 saturated heterocycles. The lowest BCUT2D eigenvalue weighted by Gasteiger charge is -2.30. The van der Waals surface area contributed by atoms with Crippen molar-refractivity contribution in [2.45, 2.75) is 43.7 Å². The van der Waals surface area contributed by atoms with Gasteiger partial charge in [-0.05, 0) is 47.2 Å². The summed E-state index contributed by atoms with van der Waals surface area (Å²) in [5, 5.41) is 17.8. The van der Waals surface area contributed by atoms with Gasteiger partial charge in [-0.25, -0.2) is 22.2 Å². The van der Waals surface area contributed by atoms with Crippen LogP contribution in [0.5, 0.6) is 0 Å². The van der Waals surface area contributed by atoms with E-state index >= 15 is 0 Å². The number of anilines is 1. The molecule has 3 atom stereocenters. The Morgan fingerprint density at radius 1 is 1.18 bits per heavy atom. The van der Waals surface area contributed by atoms with Crippen molar-refractivity contribution in [3.05, 3.63) is 76.6 Å². The lowest BCUT2D eigenvalue weighted by Crippen LogP contribution is -2.45. The Morgan fingerprint density at radius 2 is 1.94 bits per heavy atom. The van der Waals surface area contributed by atoms with Crippen molar-refractivity contribution in [2.24, 2.45) is 0 Å². The maximum atomic E-state index is 13.7. The molecule has 3 aromatic rings. The number of sulfone groups is 1. The van der Waals surface area contributed by atoms with E-state index < -0.39 is 39.7 Å². The number of rotatable bonds is 9. The molecule has 4 rings (SSSR count).